The molecule has 0 aliphatic carbocycles. The molecule has 25 heteroatoms. The first-order valence-corrected chi connectivity index (χ1v) is 33.0. The van der Waals surface area contributed by atoms with Crippen molar-refractivity contribution in [3.63, 3.8) is 0 Å². The highest BCUT2D eigenvalue weighted by Crippen LogP contribution is 2.34. The molecule has 5 aromatic rings. The molecule has 10 rings (SSSR count). The Bertz CT molecular complexity index is 3440. The van der Waals surface area contributed by atoms with E-state index in [1.165, 1.54) is 18.5 Å². The molecule has 0 saturated carbocycles. The molecule has 5 fully saturated rings. The van der Waals surface area contributed by atoms with E-state index >= 15 is 4.39 Å². The summed E-state index contributed by atoms with van der Waals surface area (Å²) in [7, 11) is 0. The number of anilines is 1. The maximum absolute atomic E-state index is 15.5. The average Bonchev–Trinajstić information content (AvgIpc) is 1.83. The Labute approximate surface area is 546 Å². The lowest BCUT2D eigenvalue weighted by Gasteiger charge is -2.42. The van der Waals surface area contributed by atoms with Gasteiger partial charge in [-0.15, -0.1) is 0 Å². The van der Waals surface area contributed by atoms with E-state index < -0.39 is 70.8 Å². The lowest BCUT2D eigenvalue weighted by molar-refractivity contribution is -0.135. The van der Waals surface area contributed by atoms with Crippen LogP contribution in [0.1, 0.15) is 138 Å². The number of halogens is 4. The number of aromatic amines is 1. The lowest BCUT2D eigenvalue weighted by Crippen LogP contribution is -2.64. The van der Waals surface area contributed by atoms with Crippen molar-refractivity contribution in [3.8, 4) is 0 Å². The van der Waals surface area contributed by atoms with Gasteiger partial charge in [0.2, 0.25) is 17.7 Å². The second-order valence-corrected chi connectivity index (χ2v) is 27.8. The van der Waals surface area contributed by atoms with Gasteiger partial charge < -0.3 is 49.4 Å². The molecule has 3 aromatic carbocycles. The Morgan fingerprint density at radius 1 is 0.720 bits per heavy atom. The molecule has 2 aromatic heterocycles. The minimum Gasteiger partial charge on any atom is -0.444 e. The van der Waals surface area contributed by atoms with Crippen LogP contribution in [-0.2, 0) is 35.1 Å². The number of piperidine rings is 4. The number of fused-ring (bicyclic) bond motifs is 1. The smallest absolute Gasteiger partial charge is 0.411 e. The van der Waals surface area contributed by atoms with Crippen LogP contribution >= 0.6 is 11.6 Å². The zero-order valence-electron chi connectivity index (χ0n) is 54.2. The third-order valence-corrected chi connectivity index (χ3v) is 18.5. The number of piperazine rings is 1. The summed E-state index contributed by atoms with van der Waals surface area (Å²) in [5.41, 5.74) is -0.653. The first kappa shape index (κ1) is 68.3. The zero-order chi connectivity index (χ0) is 66.2. The predicted molar refractivity (Wildman–Crippen MR) is 345 cm³/mol. The first-order valence-electron chi connectivity index (χ1n) is 32.6. The Morgan fingerprint density at radius 3 is 2.09 bits per heavy atom. The number of nitrogens with one attached hydrogen (secondary N) is 3. The fourth-order valence-corrected chi connectivity index (χ4v) is 13.3. The van der Waals surface area contributed by atoms with E-state index in [-0.39, 0.29) is 54.2 Å². The van der Waals surface area contributed by atoms with Crippen molar-refractivity contribution in [2.24, 2.45) is 0 Å². The maximum atomic E-state index is 15.5. The molecular weight excluding hydrogens is 1220 g/mol. The Hall–Kier alpha value is -7.54. The second kappa shape index (κ2) is 29.8. The summed E-state index contributed by atoms with van der Waals surface area (Å²) >= 11 is 6.35. The summed E-state index contributed by atoms with van der Waals surface area (Å²) in [6.07, 6.45) is 6.98. The summed E-state index contributed by atoms with van der Waals surface area (Å²) in [6, 6.07) is 16.5. The molecule has 5 aliphatic rings. The highest BCUT2D eigenvalue weighted by molar-refractivity contribution is 6.30. The van der Waals surface area contributed by atoms with Gasteiger partial charge in [0.1, 0.15) is 58.5 Å². The standard InChI is InChI=1S/C68H88ClF3N12O9/c1-66(2,3)92-64(89)77-68(23-32-81(33-24-68)61-53-17-25-73-60(53)74-44-75-61)63(88)76-57(45-9-13-49(69)14-10-45)22-29-78-34-36-80(37-35-78)58(85)42-79-27-18-51(19-28-79)91-52-20-30-82(31-21-52)62(87)54-38-46(12-16-55(54)71)47-8-7-26-83(40-47)59(86)43-84(65(90)93-67(4,5)6)41-48-11-15-50(70)39-56(48)72/h9-17,25,38-39,44,47,51-52,57H,7-8,18-24,26-37,40-43H2,1-6H3,(H,76,88)(H,77,89)(H,73,74,75)/t47?,57-/m0/s1. The SMILES string of the molecule is CC(C)(C)OC(=O)NC1(C(=O)N[C@@H](CCN2CCN(C(=O)CN3CCC(OC4CCN(C(=O)c5cc(C6CCCN(C(=O)CN(Cc7ccc(F)cc7F)C(=O)OC(C)(C)C)C6)ccc5F)CC4)CC3)CC2)c2ccc(Cl)cc2)CCN(c2ncnc3[nH]ccc23)CC1. The molecule has 5 saturated heterocycles. The van der Waals surface area contributed by atoms with Crippen molar-refractivity contribution in [2.75, 3.05) is 103 Å². The van der Waals surface area contributed by atoms with Crippen molar-refractivity contribution in [2.45, 2.75) is 147 Å². The van der Waals surface area contributed by atoms with Crippen LogP contribution in [0.2, 0.25) is 5.02 Å². The first-order chi connectivity index (χ1) is 44.3. The molecule has 5 aliphatic heterocycles. The van der Waals surface area contributed by atoms with Gasteiger partial charge in [0.25, 0.3) is 5.91 Å². The highest BCUT2D eigenvalue weighted by Gasteiger charge is 2.45. The number of alkyl carbamates (subject to hydrolysis) is 1. The van der Waals surface area contributed by atoms with Gasteiger partial charge in [-0.25, -0.2) is 32.7 Å². The Kier molecular flexibility index (Phi) is 21.9. The van der Waals surface area contributed by atoms with E-state index in [0.29, 0.717) is 141 Å². The maximum Gasteiger partial charge on any atom is 0.411 e. The minimum absolute atomic E-state index is 0.00848. The Morgan fingerprint density at radius 2 is 1.41 bits per heavy atom. The molecule has 0 radical (unpaired) electrons. The molecule has 0 spiro atoms. The predicted octanol–water partition coefficient (Wildman–Crippen LogP) is 9.21. The molecule has 0 bridgehead atoms. The molecule has 6 amide bonds. The van der Waals surface area contributed by atoms with E-state index in [0.717, 1.165) is 52.2 Å². The van der Waals surface area contributed by atoms with Crippen molar-refractivity contribution in [1.82, 2.24) is 55.0 Å². The number of carbonyl (C=O) groups is 6. The summed E-state index contributed by atoms with van der Waals surface area (Å²) in [4.78, 5) is 108. The van der Waals surface area contributed by atoms with Crippen LogP contribution in [-0.4, -0.2) is 207 Å². The van der Waals surface area contributed by atoms with Gasteiger partial charge in [-0.2, -0.15) is 0 Å². The summed E-state index contributed by atoms with van der Waals surface area (Å²) in [5.74, 6) is -2.74. The molecule has 93 heavy (non-hydrogen) atoms. The molecule has 502 valence electrons. The van der Waals surface area contributed by atoms with Crippen LogP contribution in [0, 0.1) is 17.5 Å². The third kappa shape index (κ3) is 18.0. The zero-order valence-corrected chi connectivity index (χ0v) is 55.0. The number of aromatic nitrogens is 3. The van der Waals surface area contributed by atoms with Crippen LogP contribution in [0.3, 0.4) is 0 Å². The van der Waals surface area contributed by atoms with Gasteiger partial charge in [-0.3, -0.25) is 33.9 Å². The summed E-state index contributed by atoms with van der Waals surface area (Å²) < 4.78 is 61.9. The third-order valence-electron chi connectivity index (χ3n) is 18.3. The van der Waals surface area contributed by atoms with Gasteiger partial charge in [-0.1, -0.05) is 35.9 Å². The number of benzene rings is 3. The molecular formula is C68H88ClF3N12O9. The number of hydrogen-bond donors (Lipinski definition) is 3. The van der Waals surface area contributed by atoms with Gasteiger partial charge in [-0.05, 0) is 147 Å². The number of likely N-dealkylation sites (tertiary alicyclic amines) is 3. The number of hydrogen-bond acceptors (Lipinski definition) is 14. The van der Waals surface area contributed by atoms with Gasteiger partial charge >= 0.3 is 12.2 Å². The van der Waals surface area contributed by atoms with E-state index in [2.05, 4.69) is 40.3 Å². The number of H-pyrrole nitrogens is 1. The van der Waals surface area contributed by atoms with Crippen LogP contribution in [0.4, 0.5) is 28.6 Å². The van der Waals surface area contributed by atoms with Crippen LogP contribution in [0.5, 0.6) is 0 Å². The van der Waals surface area contributed by atoms with Crippen molar-refractivity contribution < 1.29 is 56.1 Å². The van der Waals surface area contributed by atoms with Crippen molar-refractivity contribution >= 4 is 64.3 Å². The second-order valence-electron chi connectivity index (χ2n) is 27.3. The van der Waals surface area contributed by atoms with Gasteiger partial charge in [0, 0.05) is 114 Å². The number of carbonyl (C=O) groups excluding carboxylic acids is 6. The van der Waals surface area contributed by atoms with E-state index in [1.807, 2.05) is 29.3 Å². The van der Waals surface area contributed by atoms with Crippen molar-refractivity contribution in [1.29, 1.82) is 0 Å². The molecule has 1 unspecified atom stereocenters. The van der Waals surface area contributed by atoms with Gasteiger partial charge in [0.05, 0.1) is 42.3 Å². The van der Waals surface area contributed by atoms with E-state index in [4.69, 9.17) is 25.8 Å². The topological polar surface area (TPSA) is 218 Å². The fourth-order valence-electron chi connectivity index (χ4n) is 13.2. The number of nitrogens with zero attached hydrogens (tertiary/aromatic N) is 9. The quantitative estimate of drug-likeness (QED) is 0.0745. The molecule has 2 atom stereocenters. The van der Waals surface area contributed by atoms with Crippen LogP contribution in [0.25, 0.3) is 11.0 Å². The van der Waals surface area contributed by atoms with Gasteiger partial charge in [0.15, 0.2) is 0 Å². The summed E-state index contributed by atoms with van der Waals surface area (Å²) in [5, 5.41) is 7.77. The largest absolute Gasteiger partial charge is 0.444 e. The molecule has 21 nitrogen and oxygen atoms in total. The van der Waals surface area contributed by atoms with Crippen molar-refractivity contribution in [3.05, 3.63) is 124 Å². The number of rotatable bonds is 18. The monoisotopic (exact) mass is 1310 g/mol. The van der Waals surface area contributed by atoms with Crippen LogP contribution in [0.15, 0.2) is 79.3 Å². The average molecular weight is 1310 g/mol. The Balaban J connectivity index is 0.656. The minimum atomic E-state index is -1.27. The number of amides is 6. The van der Waals surface area contributed by atoms with E-state index in [9.17, 15) is 37.5 Å². The molecule has 7 heterocycles. The number of ether oxygens (including phenoxy) is 3. The molecule has 3 N–H and O–H groups in total. The highest BCUT2D eigenvalue weighted by atomic mass is 35.5. The normalized spacial score (nSPS) is 19.3. The lowest BCUT2D eigenvalue weighted by atomic mass is 9.85. The van der Waals surface area contributed by atoms with E-state index in [1.54, 1.807) is 75.6 Å². The summed E-state index contributed by atoms with van der Waals surface area (Å²) in [6.45, 7) is 16.9. The van der Waals surface area contributed by atoms with Crippen LogP contribution < -0.4 is 15.5 Å². The fraction of sp³-hybridized carbons (Fsp3) is 0.559.